The van der Waals surface area contributed by atoms with Crippen molar-refractivity contribution in [3.63, 3.8) is 0 Å². The van der Waals surface area contributed by atoms with Crippen molar-refractivity contribution in [3.8, 4) is 0 Å². The average Bonchev–Trinajstić information content (AvgIpc) is 2.46. The molecular formula is C16H24N2OS. The molecule has 1 heterocycles. The summed E-state index contributed by atoms with van der Waals surface area (Å²) >= 11 is 1.79. The van der Waals surface area contributed by atoms with E-state index in [1.165, 1.54) is 24.0 Å². The van der Waals surface area contributed by atoms with E-state index in [-0.39, 0.29) is 11.9 Å². The third kappa shape index (κ3) is 4.84. The number of nitrogens with one attached hydrogen (secondary N) is 2. The fraction of sp³-hybridized carbons (Fsp3) is 0.562. The molecule has 0 unspecified atom stereocenters. The average molecular weight is 292 g/mol. The second kappa shape index (κ2) is 7.70. The Morgan fingerprint density at radius 3 is 2.90 bits per heavy atom. The number of amides is 1. The van der Waals surface area contributed by atoms with E-state index in [4.69, 9.17) is 0 Å². The van der Waals surface area contributed by atoms with Crippen molar-refractivity contribution in [3.05, 3.63) is 35.4 Å². The second-order valence-corrected chi connectivity index (χ2v) is 6.75. The molecule has 1 aromatic rings. The highest BCUT2D eigenvalue weighted by molar-refractivity contribution is 8.00. The Labute approximate surface area is 125 Å². The first-order valence-corrected chi connectivity index (χ1v) is 8.38. The van der Waals surface area contributed by atoms with Crippen molar-refractivity contribution < 1.29 is 4.79 Å². The third-order valence-electron chi connectivity index (χ3n) is 3.66. The minimum atomic E-state index is 0.0797. The van der Waals surface area contributed by atoms with Crippen LogP contribution in [0, 0.1) is 6.92 Å². The van der Waals surface area contributed by atoms with Gasteiger partial charge in [0.1, 0.15) is 0 Å². The van der Waals surface area contributed by atoms with E-state index in [1.807, 2.05) is 13.0 Å². The van der Waals surface area contributed by atoms with Gasteiger partial charge in [-0.25, -0.2) is 0 Å². The van der Waals surface area contributed by atoms with Crippen LogP contribution in [0.2, 0.25) is 0 Å². The zero-order valence-electron chi connectivity index (χ0n) is 12.3. The van der Waals surface area contributed by atoms with Gasteiger partial charge in [0.25, 0.3) is 0 Å². The van der Waals surface area contributed by atoms with E-state index >= 15 is 0 Å². The van der Waals surface area contributed by atoms with Gasteiger partial charge >= 0.3 is 0 Å². The molecule has 0 saturated carbocycles. The lowest BCUT2D eigenvalue weighted by Crippen LogP contribution is -2.32. The fourth-order valence-electron chi connectivity index (χ4n) is 2.46. The number of benzene rings is 1. The Morgan fingerprint density at radius 2 is 2.20 bits per heavy atom. The van der Waals surface area contributed by atoms with Crippen molar-refractivity contribution in [2.75, 3.05) is 18.8 Å². The molecule has 0 radical (unpaired) electrons. The lowest BCUT2D eigenvalue weighted by molar-refractivity contribution is -0.119. The van der Waals surface area contributed by atoms with Gasteiger partial charge in [0, 0.05) is 5.25 Å². The maximum Gasteiger partial charge on any atom is 0.230 e. The summed E-state index contributed by atoms with van der Waals surface area (Å²) in [5.74, 6) is 0.711. The molecule has 0 aromatic heterocycles. The van der Waals surface area contributed by atoms with Gasteiger partial charge in [0.15, 0.2) is 0 Å². The van der Waals surface area contributed by atoms with Crippen LogP contribution >= 0.6 is 11.8 Å². The maximum absolute atomic E-state index is 12.0. The molecule has 3 nitrogen and oxygen atoms in total. The maximum atomic E-state index is 12.0. The number of rotatable bonds is 5. The summed E-state index contributed by atoms with van der Waals surface area (Å²) in [6.07, 6.45) is 2.34. The number of thioether (sulfide) groups is 1. The first-order valence-electron chi connectivity index (χ1n) is 7.33. The van der Waals surface area contributed by atoms with Crippen LogP contribution in [0.5, 0.6) is 0 Å². The summed E-state index contributed by atoms with van der Waals surface area (Å²) in [7, 11) is 0. The standard InChI is InChI=1S/C16H24N2OS/c1-12-4-3-5-14(10-12)13(2)18-16(19)11-20-15-6-8-17-9-7-15/h3-5,10,13,15,17H,6-9,11H2,1-2H3,(H,18,19)/t13-/m0/s1. The molecule has 4 heteroatoms. The Bertz CT molecular complexity index is 444. The van der Waals surface area contributed by atoms with Crippen LogP contribution in [0.1, 0.15) is 36.9 Å². The van der Waals surface area contributed by atoms with E-state index < -0.39 is 0 Å². The van der Waals surface area contributed by atoms with Crippen molar-refractivity contribution in [1.82, 2.24) is 10.6 Å². The van der Waals surface area contributed by atoms with Gasteiger partial charge in [-0.3, -0.25) is 4.79 Å². The van der Waals surface area contributed by atoms with Crippen LogP contribution < -0.4 is 10.6 Å². The summed E-state index contributed by atoms with van der Waals surface area (Å²) in [5.41, 5.74) is 2.40. The number of piperidine rings is 1. The Balaban J connectivity index is 1.76. The number of carbonyl (C=O) groups excluding carboxylic acids is 1. The monoisotopic (exact) mass is 292 g/mol. The van der Waals surface area contributed by atoms with E-state index in [0.717, 1.165) is 13.1 Å². The molecule has 1 saturated heterocycles. The number of carbonyl (C=O) groups is 1. The van der Waals surface area contributed by atoms with Gasteiger partial charge in [-0.1, -0.05) is 29.8 Å². The van der Waals surface area contributed by atoms with Crippen LogP contribution in [0.3, 0.4) is 0 Å². The minimum absolute atomic E-state index is 0.0797. The Hall–Kier alpha value is -1.00. The first kappa shape index (κ1) is 15.4. The Morgan fingerprint density at radius 1 is 1.45 bits per heavy atom. The van der Waals surface area contributed by atoms with Crippen LogP contribution in [0.25, 0.3) is 0 Å². The van der Waals surface area contributed by atoms with Gasteiger partial charge in [0.05, 0.1) is 11.8 Å². The molecule has 1 aromatic carbocycles. The summed E-state index contributed by atoms with van der Waals surface area (Å²) in [5, 5.41) is 7.07. The molecule has 110 valence electrons. The smallest absolute Gasteiger partial charge is 0.230 e. The highest BCUT2D eigenvalue weighted by atomic mass is 32.2. The molecule has 0 aliphatic carbocycles. The van der Waals surface area contributed by atoms with Gasteiger partial charge < -0.3 is 10.6 Å². The number of hydrogen-bond donors (Lipinski definition) is 2. The van der Waals surface area contributed by atoms with Crippen LogP contribution in [-0.4, -0.2) is 30.0 Å². The summed E-state index contributed by atoms with van der Waals surface area (Å²) in [6, 6.07) is 8.39. The normalized spacial score (nSPS) is 17.7. The fourth-order valence-corrected chi connectivity index (χ4v) is 3.50. The predicted molar refractivity (Wildman–Crippen MR) is 86.1 cm³/mol. The lowest BCUT2D eigenvalue weighted by atomic mass is 10.1. The van der Waals surface area contributed by atoms with Gasteiger partial charge in [-0.15, -0.1) is 11.8 Å². The van der Waals surface area contributed by atoms with E-state index in [1.54, 1.807) is 11.8 Å². The number of aryl methyl sites for hydroxylation is 1. The lowest BCUT2D eigenvalue weighted by Gasteiger charge is -2.22. The van der Waals surface area contributed by atoms with Crippen molar-refractivity contribution in [2.24, 2.45) is 0 Å². The quantitative estimate of drug-likeness (QED) is 0.876. The highest BCUT2D eigenvalue weighted by Gasteiger charge is 2.16. The van der Waals surface area contributed by atoms with Gasteiger partial charge in [0.2, 0.25) is 5.91 Å². The molecule has 20 heavy (non-hydrogen) atoms. The van der Waals surface area contributed by atoms with Gasteiger partial charge in [-0.05, 0) is 45.3 Å². The van der Waals surface area contributed by atoms with E-state index in [9.17, 15) is 4.79 Å². The molecule has 1 aliphatic rings. The summed E-state index contributed by atoms with van der Waals surface area (Å²) < 4.78 is 0. The third-order valence-corrected chi connectivity index (χ3v) is 5.03. The molecule has 1 aliphatic heterocycles. The van der Waals surface area contributed by atoms with Crippen LogP contribution in [0.15, 0.2) is 24.3 Å². The van der Waals surface area contributed by atoms with Crippen LogP contribution in [-0.2, 0) is 4.79 Å². The molecular weight excluding hydrogens is 268 g/mol. The molecule has 2 N–H and O–H groups in total. The van der Waals surface area contributed by atoms with Gasteiger partial charge in [-0.2, -0.15) is 0 Å². The molecule has 1 atom stereocenters. The molecule has 0 bridgehead atoms. The predicted octanol–water partition coefficient (Wildman–Crippen LogP) is 2.66. The van der Waals surface area contributed by atoms with Crippen molar-refractivity contribution in [2.45, 2.75) is 38.0 Å². The largest absolute Gasteiger partial charge is 0.349 e. The Kier molecular flexibility index (Phi) is 5.92. The topological polar surface area (TPSA) is 41.1 Å². The van der Waals surface area contributed by atoms with Crippen molar-refractivity contribution >= 4 is 17.7 Å². The van der Waals surface area contributed by atoms with Crippen LogP contribution in [0.4, 0.5) is 0 Å². The minimum Gasteiger partial charge on any atom is -0.349 e. The molecule has 1 amide bonds. The SMILES string of the molecule is Cc1cccc([C@H](C)NC(=O)CSC2CCNCC2)c1. The molecule has 0 spiro atoms. The summed E-state index contributed by atoms with van der Waals surface area (Å²) in [6.45, 7) is 6.28. The van der Waals surface area contributed by atoms with Crippen molar-refractivity contribution in [1.29, 1.82) is 0 Å². The zero-order valence-corrected chi connectivity index (χ0v) is 13.1. The van der Waals surface area contributed by atoms with E-state index in [0.29, 0.717) is 11.0 Å². The molecule has 1 fully saturated rings. The summed E-state index contributed by atoms with van der Waals surface area (Å²) in [4.78, 5) is 12.0. The highest BCUT2D eigenvalue weighted by Crippen LogP contribution is 2.20. The van der Waals surface area contributed by atoms with E-state index in [2.05, 4.69) is 35.8 Å². The second-order valence-electron chi connectivity index (χ2n) is 5.46. The zero-order chi connectivity index (χ0) is 14.4. The number of hydrogen-bond acceptors (Lipinski definition) is 3. The molecule has 2 rings (SSSR count). The first-order chi connectivity index (χ1) is 9.65.